The lowest BCUT2D eigenvalue weighted by molar-refractivity contribution is -0.139. The number of rotatable bonds is 10. The van der Waals surface area contributed by atoms with Gasteiger partial charge < -0.3 is 25.1 Å². The Balaban J connectivity index is 1.17. The van der Waals surface area contributed by atoms with Gasteiger partial charge in [-0.05, 0) is 126 Å². The average molecular weight is 663 g/mol. The molecule has 0 spiro atoms. The van der Waals surface area contributed by atoms with Gasteiger partial charge in [0.15, 0.2) is 0 Å². The largest absolute Gasteiger partial charge is 0.508 e. The highest BCUT2D eigenvalue weighted by atomic mass is 35.5. The maximum atomic E-state index is 14.7. The maximum absolute atomic E-state index is 14.7. The second-order valence-electron chi connectivity index (χ2n) is 14.6. The first kappa shape index (κ1) is 34.1. The molecule has 4 fully saturated rings. The summed E-state index contributed by atoms with van der Waals surface area (Å²) in [5.41, 5.74) is 2.41. The number of carbonyl (C=O) groups excluding carboxylic acids is 2. The molecule has 47 heavy (non-hydrogen) atoms. The monoisotopic (exact) mass is 662 g/mol. The van der Waals surface area contributed by atoms with Crippen LogP contribution >= 0.6 is 11.6 Å². The zero-order chi connectivity index (χ0) is 32.9. The quantitative estimate of drug-likeness (QED) is 0.271. The van der Waals surface area contributed by atoms with E-state index in [1.807, 2.05) is 41.3 Å². The van der Waals surface area contributed by atoms with E-state index in [9.17, 15) is 14.7 Å². The number of halogens is 1. The SMILES string of the molecule is CCN(CC)C(=O)N(C1CCCCC1)C1CC2CCC(C1)N2C(=O)[C@@H](Cc1ccc(Cl)cc1)NC1CCC(c2ccc(O)cc2)CC1. The molecular weight excluding hydrogens is 608 g/mol. The number of aromatic hydroxyl groups is 1. The molecule has 2 saturated heterocycles. The summed E-state index contributed by atoms with van der Waals surface area (Å²) in [5, 5.41) is 14.3. The number of phenolic OH excluding ortho intramolecular Hbond substituents is 1. The first-order chi connectivity index (χ1) is 22.8. The van der Waals surface area contributed by atoms with Crippen LogP contribution in [0.4, 0.5) is 4.79 Å². The van der Waals surface area contributed by atoms with Crippen molar-refractivity contribution in [2.24, 2.45) is 0 Å². The Kier molecular flexibility index (Phi) is 11.3. The zero-order valence-electron chi connectivity index (χ0n) is 28.5. The van der Waals surface area contributed by atoms with Gasteiger partial charge in [-0.2, -0.15) is 0 Å². The van der Waals surface area contributed by atoms with Gasteiger partial charge in [0, 0.05) is 48.3 Å². The van der Waals surface area contributed by atoms with E-state index < -0.39 is 0 Å². The zero-order valence-corrected chi connectivity index (χ0v) is 29.2. The minimum absolute atomic E-state index is 0.182. The summed E-state index contributed by atoms with van der Waals surface area (Å²) in [6.45, 7) is 5.63. The van der Waals surface area contributed by atoms with Crippen LogP contribution in [0.15, 0.2) is 48.5 Å². The van der Waals surface area contributed by atoms with Gasteiger partial charge in [-0.3, -0.25) is 4.79 Å². The first-order valence-electron chi connectivity index (χ1n) is 18.5. The minimum atomic E-state index is -0.294. The molecule has 8 heteroatoms. The van der Waals surface area contributed by atoms with Gasteiger partial charge in [0.1, 0.15) is 5.75 Å². The van der Waals surface area contributed by atoms with Crippen molar-refractivity contribution < 1.29 is 14.7 Å². The third-order valence-electron chi connectivity index (χ3n) is 11.8. The minimum Gasteiger partial charge on any atom is -0.508 e. The van der Waals surface area contributed by atoms with Crippen LogP contribution in [0.5, 0.6) is 5.75 Å². The Labute approximate surface area is 287 Å². The maximum Gasteiger partial charge on any atom is 0.320 e. The molecule has 2 bridgehead atoms. The van der Waals surface area contributed by atoms with Gasteiger partial charge in [0.05, 0.1) is 6.04 Å². The van der Waals surface area contributed by atoms with E-state index in [2.05, 4.69) is 29.0 Å². The molecule has 2 aromatic carbocycles. The molecule has 2 unspecified atom stereocenters. The molecule has 3 amide bonds. The lowest BCUT2D eigenvalue weighted by Gasteiger charge is -2.48. The van der Waals surface area contributed by atoms with E-state index in [0.717, 1.165) is 82.9 Å². The topological polar surface area (TPSA) is 76.1 Å². The number of nitrogens with one attached hydrogen (secondary N) is 1. The second kappa shape index (κ2) is 15.6. The highest BCUT2D eigenvalue weighted by molar-refractivity contribution is 6.30. The lowest BCUT2D eigenvalue weighted by atomic mass is 9.81. The molecule has 2 aliphatic heterocycles. The van der Waals surface area contributed by atoms with Gasteiger partial charge in [0.25, 0.3) is 0 Å². The molecule has 2 N–H and O–H groups in total. The number of nitrogens with zero attached hydrogens (tertiary/aromatic N) is 3. The molecule has 2 heterocycles. The van der Waals surface area contributed by atoms with E-state index in [-0.39, 0.29) is 42.1 Å². The Morgan fingerprint density at radius 3 is 2.04 bits per heavy atom. The third-order valence-corrected chi connectivity index (χ3v) is 12.0. The number of amides is 3. The van der Waals surface area contributed by atoms with Crippen molar-refractivity contribution >= 4 is 23.5 Å². The number of carbonyl (C=O) groups is 2. The fraction of sp³-hybridized carbons (Fsp3) is 0.641. The Hall–Kier alpha value is -2.77. The Bertz CT molecular complexity index is 1300. The fourth-order valence-corrected chi connectivity index (χ4v) is 9.37. The van der Waals surface area contributed by atoms with Crippen LogP contribution in [0.1, 0.15) is 114 Å². The van der Waals surface area contributed by atoms with Crippen LogP contribution in [-0.2, 0) is 11.2 Å². The van der Waals surface area contributed by atoms with Crippen molar-refractivity contribution in [2.45, 2.75) is 146 Å². The van der Waals surface area contributed by atoms with Crippen LogP contribution in [-0.4, -0.2) is 81.1 Å². The van der Waals surface area contributed by atoms with E-state index in [0.29, 0.717) is 29.2 Å². The average Bonchev–Trinajstić information content (AvgIpc) is 3.36. The number of fused-ring (bicyclic) bond motifs is 2. The second-order valence-corrected chi connectivity index (χ2v) is 15.0. The molecule has 3 atom stereocenters. The summed E-state index contributed by atoms with van der Waals surface area (Å²) in [5.74, 6) is 1.02. The summed E-state index contributed by atoms with van der Waals surface area (Å²) < 4.78 is 0. The summed E-state index contributed by atoms with van der Waals surface area (Å²) in [7, 11) is 0. The third kappa shape index (κ3) is 7.94. The van der Waals surface area contributed by atoms with Gasteiger partial charge in [-0.15, -0.1) is 0 Å². The van der Waals surface area contributed by atoms with Crippen LogP contribution in [0.2, 0.25) is 5.02 Å². The summed E-state index contributed by atoms with van der Waals surface area (Å²) in [4.78, 5) is 35.2. The van der Waals surface area contributed by atoms with Gasteiger partial charge in [0.2, 0.25) is 5.91 Å². The number of hydrogen-bond acceptors (Lipinski definition) is 4. The molecule has 6 rings (SSSR count). The highest BCUT2D eigenvalue weighted by Gasteiger charge is 2.48. The van der Waals surface area contributed by atoms with Crippen molar-refractivity contribution in [1.29, 1.82) is 0 Å². The van der Waals surface area contributed by atoms with Crippen molar-refractivity contribution in [1.82, 2.24) is 20.0 Å². The first-order valence-corrected chi connectivity index (χ1v) is 18.9. The molecule has 7 nitrogen and oxygen atoms in total. The number of hydrogen-bond donors (Lipinski definition) is 2. The Morgan fingerprint density at radius 2 is 1.45 bits per heavy atom. The molecule has 4 aliphatic rings. The number of benzene rings is 2. The summed E-state index contributed by atoms with van der Waals surface area (Å²) in [6.07, 6.45) is 14.5. The van der Waals surface area contributed by atoms with Crippen molar-refractivity contribution in [3.05, 3.63) is 64.7 Å². The van der Waals surface area contributed by atoms with E-state index in [4.69, 9.17) is 11.6 Å². The number of phenols is 1. The predicted octanol–water partition coefficient (Wildman–Crippen LogP) is 7.89. The van der Waals surface area contributed by atoms with E-state index in [1.165, 1.54) is 24.8 Å². The lowest BCUT2D eigenvalue weighted by Crippen LogP contribution is -2.61. The fourth-order valence-electron chi connectivity index (χ4n) is 9.24. The smallest absolute Gasteiger partial charge is 0.320 e. The Morgan fingerprint density at radius 1 is 0.830 bits per heavy atom. The standard InChI is InChI=1S/C39H55ClN4O3/c1-3-42(4-2)39(47)44(32-8-6-5-7-9-32)35-25-33-20-21-34(26-35)43(33)38(46)37(24-27-10-16-30(40)17-11-27)41-31-18-12-28(13-19-31)29-14-22-36(45)23-15-29/h10-11,14-17,22-23,28,31-35,37,41,45H,3-9,12-13,18-21,24-26H2,1-2H3/t28?,31?,33?,34?,35?,37-/m1/s1. The van der Waals surface area contributed by atoms with Crippen LogP contribution < -0.4 is 5.32 Å². The van der Waals surface area contributed by atoms with Crippen molar-refractivity contribution in [3.8, 4) is 5.75 Å². The molecule has 2 saturated carbocycles. The highest BCUT2D eigenvalue weighted by Crippen LogP contribution is 2.41. The van der Waals surface area contributed by atoms with Gasteiger partial charge >= 0.3 is 6.03 Å². The number of piperidine rings is 1. The van der Waals surface area contributed by atoms with Crippen LogP contribution in [0.25, 0.3) is 0 Å². The van der Waals surface area contributed by atoms with Gasteiger partial charge in [-0.25, -0.2) is 4.79 Å². The molecule has 2 aromatic rings. The summed E-state index contributed by atoms with van der Waals surface area (Å²) >= 11 is 6.23. The number of urea groups is 1. The van der Waals surface area contributed by atoms with Crippen molar-refractivity contribution in [2.75, 3.05) is 13.1 Å². The van der Waals surface area contributed by atoms with Crippen molar-refractivity contribution in [3.63, 3.8) is 0 Å². The molecule has 0 aromatic heterocycles. The molecule has 256 valence electrons. The molecular formula is C39H55ClN4O3. The summed E-state index contributed by atoms with van der Waals surface area (Å²) in [6, 6.07) is 16.7. The molecule has 0 radical (unpaired) electrons. The molecule has 2 aliphatic carbocycles. The van der Waals surface area contributed by atoms with Gasteiger partial charge in [-0.1, -0.05) is 55.1 Å². The normalized spacial score (nSPS) is 27.0. The van der Waals surface area contributed by atoms with E-state index >= 15 is 0 Å². The van der Waals surface area contributed by atoms with Crippen LogP contribution in [0, 0.1) is 0 Å². The van der Waals surface area contributed by atoms with E-state index in [1.54, 1.807) is 12.1 Å². The predicted molar refractivity (Wildman–Crippen MR) is 189 cm³/mol. The van der Waals surface area contributed by atoms with Crippen LogP contribution in [0.3, 0.4) is 0 Å².